The zero-order valence-electron chi connectivity index (χ0n) is 6.20. The van der Waals surface area contributed by atoms with E-state index in [9.17, 15) is 9.59 Å². The molecule has 0 unspecified atom stereocenters. The first-order valence-electron chi connectivity index (χ1n) is 3.36. The molecule has 1 aliphatic rings. The van der Waals surface area contributed by atoms with Gasteiger partial charge in [-0.15, -0.1) is 0 Å². The molecule has 0 spiro atoms. The summed E-state index contributed by atoms with van der Waals surface area (Å²) in [7, 11) is 0. The lowest BCUT2D eigenvalue weighted by Gasteiger charge is -2.30. The highest BCUT2D eigenvalue weighted by molar-refractivity contribution is 5.95. The van der Waals surface area contributed by atoms with Gasteiger partial charge in [-0.25, -0.2) is 4.79 Å². The number of amides is 1. The van der Waals surface area contributed by atoms with Gasteiger partial charge >= 0.3 is 5.97 Å². The molecule has 0 aromatic carbocycles. The van der Waals surface area contributed by atoms with Gasteiger partial charge in [0.15, 0.2) is 0 Å². The van der Waals surface area contributed by atoms with Gasteiger partial charge in [-0.1, -0.05) is 6.08 Å². The van der Waals surface area contributed by atoms with Crippen LogP contribution < -0.4 is 0 Å². The third kappa shape index (κ3) is 1.24. The van der Waals surface area contributed by atoms with Crippen LogP contribution in [0, 0.1) is 0 Å². The second-order valence-electron chi connectivity index (χ2n) is 2.27. The Hall–Kier alpha value is -1.32. The first kappa shape index (κ1) is 7.78. The maximum atomic E-state index is 10.8. The molecule has 1 amide bonds. The van der Waals surface area contributed by atoms with Gasteiger partial charge < -0.3 is 10.0 Å². The highest BCUT2D eigenvalue weighted by Gasteiger charge is 2.29. The summed E-state index contributed by atoms with van der Waals surface area (Å²) in [6, 6.07) is 0. The fourth-order valence-electron chi connectivity index (χ4n) is 0.964. The van der Waals surface area contributed by atoms with E-state index in [0.29, 0.717) is 13.0 Å². The number of likely N-dealkylation sites (tertiary alicyclic amines) is 1. The normalized spacial score (nSPS) is 18.1. The van der Waals surface area contributed by atoms with Crippen molar-refractivity contribution in [3.05, 3.63) is 11.8 Å². The lowest BCUT2D eigenvalue weighted by atomic mass is 10.2. The Balaban J connectivity index is 2.71. The van der Waals surface area contributed by atoms with E-state index >= 15 is 0 Å². The van der Waals surface area contributed by atoms with Crippen LogP contribution in [0.15, 0.2) is 11.8 Å². The molecule has 60 valence electrons. The highest BCUT2D eigenvalue weighted by Crippen LogP contribution is 2.15. The summed E-state index contributed by atoms with van der Waals surface area (Å²) in [6.45, 7) is 2.14. The van der Waals surface area contributed by atoms with Gasteiger partial charge in [-0.2, -0.15) is 0 Å². The molecular formula is C7H9NO3. The van der Waals surface area contributed by atoms with E-state index in [0.717, 1.165) is 0 Å². The van der Waals surface area contributed by atoms with Gasteiger partial charge in [-0.3, -0.25) is 4.79 Å². The third-order valence-electron chi connectivity index (χ3n) is 1.63. The van der Waals surface area contributed by atoms with Crippen LogP contribution >= 0.6 is 0 Å². The Morgan fingerprint density at radius 3 is 2.45 bits per heavy atom. The van der Waals surface area contributed by atoms with Crippen LogP contribution in [-0.2, 0) is 9.59 Å². The second kappa shape index (κ2) is 2.74. The lowest BCUT2D eigenvalue weighted by molar-refractivity contribution is -0.144. The van der Waals surface area contributed by atoms with Crippen molar-refractivity contribution in [3.8, 4) is 0 Å². The SMILES string of the molecule is C/C=C(/C(=O)O)N1CCC1=O. The molecule has 4 heteroatoms. The van der Waals surface area contributed by atoms with Gasteiger partial charge in [0, 0.05) is 13.0 Å². The Bertz CT molecular complexity index is 232. The zero-order chi connectivity index (χ0) is 8.43. The van der Waals surface area contributed by atoms with Crippen LogP contribution in [0.4, 0.5) is 0 Å². The van der Waals surface area contributed by atoms with Crippen LogP contribution in [0.5, 0.6) is 0 Å². The van der Waals surface area contributed by atoms with Gasteiger partial charge in [0.1, 0.15) is 5.70 Å². The first-order valence-corrected chi connectivity index (χ1v) is 3.36. The quantitative estimate of drug-likeness (QED) is 0.458. The summed E-state index contributed by atoms with van der Waals surface area (Å²) in [5.41, 5.74) is 0.0845. The van der Waals surface area contributed by atoms with Gasteiger partial charge in [0.2, 0.25) is 5.91 Å². The number of hydrogen-bond acceptors (Lipinski definition) is 2. The zero-order valence-corrected chi connectivity index (χ0v) is 6.20. The molecule has 1 saturated heterocycles. The summed E-state index contributed by atoms with van der Waals surface area (Å²) in [5.74, 6) is -1.15. The van der Waals surface area contributed by atoms with Crippen LogP contribution in [0.1, 0.15) is 13.3 Å². The molecule has 1 fully saturated rings. The second-order valence-corrected chi connectivity index (χ2v) is 2.27. The number of carboxylic acid groups (broad SMARTS) is 1. The number of allylic oxidation sites excluding steroid dienone is 1. The molecule has 0 atom stereocenters. The van der Waals surface area contributed by atoms with Crippen LogP contribution in [0.25, 0.3) is 0 Å². The average Bonchev–Trinajstić information content (AvgIpc) is 1.96. The van der Waals surface area contributed by atoms with Crippen molar-refractivity contribution < 1.29 is 14.7 Å². The Morgan fingerprint density at radius 1 is 1.73 bits per heavy atom. The number of carboxylic acids is 1. The van der Waals surface area contributed by atoms with Crippen LogP contribution in [-0.4, -0.2) is 28.4 Å². The number of nitrogens with zero attached hydrogens (tertiary/aromatic N) is 1. The van der Waals surface area contributed by atoms with Gasteiger partial charge in [0.05, 0.1) is 0 Å². The first-order chi connectivity index (χ1) is 5.16. The van der Waals surface area contributed by atoms with Gasteiger partial charge in [0.25, 0.3) is 0 Å². The van der Waals surface area contributed by atoms with Crippen molar-refractivity contribution in [2.45, 2.75) is 13.3 Å². The molecule has 0 aromatic heterocycles. The molecule has 1 rings (SSSR count). The van der Waals surface area contributed by atoms with Crippen molar-refractivity contribution >= 4 is 11.9 Å². The summed E-state index contributed by atoms with van der Waals surface area (Å²) in [5, 5.41) is 8.56. The van der Waals surface area contributed by atoms with E-state index in [-0.39, 0.29) is 11.6 Å². The Kier molecular flexibility index (Phi) is 1.94. The van der Waals surface area contributed by atoms with Crippen molar-refractivity contribution in [1.29, 1.82) is 0 Å². The standard InChI is InChI=1S/C7H9NO3/c1-2-5(7(10)11)8-4-3-6(8)9/h2H,3-4H2,1H3,(H,10,11)/b5-2-. The van der Waals surface area contributed by atoms with Crippen molar-refractivity contribution in [1.82, 2.24) is 4.90 Å². The molecule has 1 aliphatic heterocycles. The van der Waals surface area contributed by atoms with E-state index in [4.69, 9.17) is 5.11 Å². The number of β-lactam (4-membered cyclic amide) rings is 1. The van der Waals surface area contributed by atoms with E-state index in [1.54, 1.807) is 6.92 Å². The Morgan fingerprint density at radius 2 is 2.36 bits per heavy atom. The number of hydrogen-bond donors (Lipinski definition) is 1. The topological polar surface area (TPSA) is 57.6 Å². The molecule has 0 aliphatic carbocycles. The fraction of sp³-hybridized carbons (Fsp3) is 0.429. The summed E-state index contributed by atoms with van der Waals surface area (Å²) in [4.78, 5) is 22.5. The number of aliphatic carboxylic acids is 1. The molecule has 0 aromatic rings. The minimum Gasteiger partial charge on any atom is -0.477 e. The summed E-state index contributed by atoms with van der Waals surface area (Å²) in [6.07, 6.45) is 1.89. The molecule has 1 N–H and O–H groups in total. The minimum atomic E-state index is -1.04. The molecule has 0 radical (unpaired) electrons. The highest BCUT2D eigenvalue weighted by atomic mass is 16.4. The maximum absolute atomic E-state index is 10.8. The summed E-state index contributed by atoms with van der Waals surface area (Å²) >= 11 is 0. The van der Waals surface area contributed by atoms with E-state index in [1.807, 2.05) is 0 Å². The lowest BCUT2D eigenvalue weighted by Crippen LogP contribution is -2.44. The number of carbonyl (C=O) groups excluding carboxylic acids is 1. The van der Waals surface area contributed by atoms with Crippen molar-refractivity contribution in [2.75, 3.05) is 6.54 Å². The van der Waals surface area contributed by atoms with Crippen LogP contribution in [0.3, 0.4) is 0 Å². The molecule has 0 bridgehead atoms. The van der Waals surface area contributed by atoms with Crippen molar-refractivity contribution in [3.63, 3.8) is 0 Å². The van der Waals surface area contributed by atoms with Crippen molar-refractivity contribution in [2.24, 2.45) is 0 Å². The molecule has 0 saturated carbocycles. The maximum Gasteiger partial charge on any atom is 0.352 e. The monoisotopic (exact) mass is 155 g/mol. The minimum absolute atomic E-state index is 0.0845. The Labute approximate surface area is 64.1 Å². The predicted octanol–water partition coefficient (Wildman–Crippen LogP) is 0.207. The van der Waals surface area contributed by atoms with E-state index in [2.05, 4.69) is 0 Å². The number of rotatable bonds is 2. The number of carbonyl (C=O) groups is 2. The van der Waals surface area contributed by atoms with Gasteiger partial charge in [-0.05, 0) is 6.92 Å². The van der Waals surface area contributed by atoms with E-state index in [1.165, 1.54) is 11.0 Å². The smallest absolute Gasteiger partial charge is 0.352 e. The van der Waals surface area contributed by atoms with Crippen LogP contribution in [0.2, 0.25) is 0 Å². The van der Waals surface area contributed by atoms with E-state index < -0.39 is 5.97 Å². The third-order valence-corrected chi connectivity index (χ3v) is 1.63. The largest absolute Gasteiger partial charge is 0.477 e. The summed E-state index contributed by atoms with van der Waals surface area (Å²) < 4.78 is 0. The fourth-order valence-corrected chi connectivity index (χ4v) is 0.964. The molecule has 4 nitrogen and oxygen atoms in total. The average molecular weight is 155 g/mol. The molecule has 1 heterocycles. The molecular weight excluding hydrogens is 146 g/mol. The molecule has 11 heavy (non-hydrogen) atoms. The predicted molar refractivity (Wildman–Crippen MR) is 37.7 cm³/mol.